The first-order valence-corrected chi connectivity index (χ1v) is 6.88. The smallest absolute Gasteiger partial charge is 0.0676 e. The van der Waals surface area contributed by atoms with Gasteiger partial charge in [0.15, 0.2) is 0 Å². The van der Waals surface area contributed by atoms with Crippen LogP contribution in [-0.2, 0) is 6.42 Å². The summed E-state index contributed by atoms with van der Waals surface area (Å²) >= 11 is 0. The molecule has 0 aliphatic heterocycles. The lowest BCUT2D eigenvalue weighted by Gasteiger charge is -2.34. The zero-order valence-corrected chi connectivity index (χ0v) is 11.4. The molecule has 1 atom stereocenters. The van der Waals surface area contributed by atoms with Crippen molar-refractivity contribution in [2.75, 3.05) is 0 Å². The highest BCUT2D eigenvalue weighted by atomic mass is 16.3. The first-order valence-electron chi connectivity index (χ1n) is 6.88. The molecular formula is C16H26O. The van der Waals surface area contributed by atoms with E-state index in [9.17, 15) is 5.11 Å². The van der Waals surface area contributed by atoms with Crippen molar-refractivity contribution in [3.8, 4) is 0 Å². The summed E-state index contributed by atoms with van der Waals surface area (Å²) in [7, 11) is 0. The van der Waals surface area contributed by atoms with Crippen molar-refractivity contribution in [3.63, 3.8) is 0 Å². The second kappa shape index (κ2) is 6.80. The Bertz CT molecular complexity index is 299. The molecule has 0 spiro atoms. The molecule has 1 rings (SSSR count). The van der Waals surface area contributed by atoms with Gasteiger partial charge in [-0.05, 0) is 30.7 Å². The van der Waals surface area contributed by atoms with Crippen LogP contribution in [0.15, 0.2) is 30.3 Å². The number of aliphatic hydroxyl groups is 1. The third-order valence-electron chi connectivity index (χ3n) is 3.67. The van der Waals surface area contributed by atoms with Crippen LogP contribution in [0.3, 0.4) is 0 Å². The fraction of sp³-hybridized carbons (Fsp3) is 0.625. The lowest BCUT2D eigenvalue weighted by Crippen LogP contribution is -2.37. The summed E-state index contributed by atoms with van der Waals surface area (Å²) in [5, 5.41) is 10.7. The van der Waals surface area contributed by atoms with Gasteiger partial charge in [0, 0.05) is 0 Å². The fourth-order valence-corrected chi connectivity index (χ4v) is 2.64. The summed E-state index contributed by atoms with van der Waals surface area (Å²) in [6, 6.07) is 10.5. The highest BCUT2D eigenvalue weighted by Crippen LogP contribution is 2.30. The van der Waals surface area contributed by atoms with Gasteiger partial charge in [-0.15, -0.1) is 0 Å². The Hall–Kier alpha value is -0.820. The highest BCUT2D eigenvalue weighted by Gasteiger charge is 2.31. The number of hydrogen-bond acceptors (Lipinski definition) is 1. The van der Waals surface area contributed by atoms with Crippen LogP contribution in [-0.4, -0.2) is 10.7 Å². The highest BCUT2D eigenvalue weighted by molar-refractivity contribution is 5.15. The van der Waals surface area contributed by atoms with E-state index in [0.29, 0.717) is 5.92 Å². The van der Waals surface area contributed by atoms with Gasteiger partial charge in [-0.3, -0.25) is 0 Å². The van der Waals surface area contributed by atoms with Gasteiger partial charge in [0.05, 0.1) is 5.60 Å². The SMILES string of the molecule is CCCC(O)(CCC)C(C)Cc1ccccc1. The lowest BCUT2D eigenvalue weighted by atomic mass is 9.78. The first-order chi connectivity index (χ1) is 8.12. The van der Waals surface area contributed by atoms with Crippen molar-refractivity contribution < 1.29 is 5.11 Å². The van der Waals surface area contributed by atoms with E-state index in [2.05, 4.69) is 45.0 Å². The molecule has 1 N–H and O–H groups in total. The average molecular weight is 234 g/mol. The standard InChI is InChI=1S/C16H26O/c1-4-11-16(17,12-5-2)14(3)13-15-9-7-6-8-10-15/h6-10,14,17H,4-5,11-13H2,1-3H3. The predicted octanol–water partition coefficient (Wildman–Crippen LogP) is 4.20. The van der Waals surface area contributed by atoms with Crippen LogP contribution in [0.2, 0.25) is 0 Å². The van der Waals surface area contributed by atoms with E-state index in [1.807, 2.05) is 6.07 Å². The monoisotopic (exact) mass is 234 g/mol. The first kappa shape index (κ1) is 14.2. The minimum absolute atomic E-state index is 0.324. The van der Waals surface area contributed by atoms with Crippen LogP contribution >= 0.6 is 0 Å². The largest absolute Gasteiger partial charge is 0.390 e. The van der Waals surface area contributed by atoms with Gasteiger partial charge in [-0.1, -0.05) is 63.9 Å². The molecule has 0 saturated heterocycles. The zero-order valence-electron chi connectivity index (χ0n) is 11.4. The molecule has 0 aromatic heterocycles. The third-order valence-corrected chi connectivity index (χ3v) is 3.67. The van der Waals surface area contributed by atoms with Gasteiger partial charge in [0.1, 0.15) is 0 Å². The Balaban J connectivity index is 2.68. The average Bonchev–Trinajstić information content (AvgIpc) is 2.31. The summed E-state index contributed by atoms with van der Waals surface area (Å²) in [4.78, 5) is 0. The molecular weight excluding hydrogens is 208 g/mol. The van der Waals surface area contributed by atoms with E-state index >= 15 is 0 Å². The Morgan fingerprint density at radius 1 is 1.06 bits per heavy atom. The van der Waals surface area contributed by atoms with Crippen molar-refractivity contribution in [2.24, 2.45) is 5.92 Å². The van der Waals surface area contributed by atoms with E-state index in [0.717, 1.165) is 32.1 Å². The quantitative estimate of drug-likeness (QED) is 0.749. The molecule has 0 aliphatic rings. The van der Waals surface area contributed by atoms with E-state index in [1.54, 1.807) is 0 Å². The third kappa shape index (κ3) is 4.16. The van der Waals surface area contributed by atoms with Gasteiger partial charge in [0.25, 0.3) is 0 Å². The molecule has 1 heteroatoms. The van der Waals surface area contributed by atoms with Crippen molar-refractivity contribution in [2.45, 2.75) is 58.5 Å². The van der Waals surface area contributed by atoms with Crippen molar-refractivity contribution in [1.29, 1.82) is 0 Å². The molecule has 17 heavy (non-hydrogen) atoms. The summed E-state index contributed by atoms with van der Waals surface area (Å²) in [5.74, 6) is 0.324. The van der Waals surface area contributed by atoms with Crippen molar-refractivity contribution in [3.05, 3.63) is 35.9 Å². The second-order valence-electron chi connectivity index (χ2n) is 5.19. The van der Waals surface area contributed by atoms with Gasteiger partial charge in [-0.25, -0.2) is 0 Å². The molecule has 1 nitrogen and oxygen atoms in total. The van der Waals surface area contributed by atoms with Gasteiger partial charge in [0.2, 0.25) is 0 Å². The summed E-state index contributed by atoms with van der Waals surface area (Å²) in [5.41, 5.74) is 0.838. The van der Waals surface area contributed by atoms with Crippen molar-refractivity contribution in [1.82, 2.24) is 0 Å². The van der Waals surface area contributed by atoms with Gasteiger partial charge < -0.3 is 5.11 Å². The summed E-state index contributed by atoms with van der Waals surface area (Å²) < 4.78 is 0. The molecule has 0 aliphatic carbocycles. The molecule has 1 aromatic carbocycles. The summed E-state index contributed by atoms with van der Waals surface area (Å²) in [6.45, 7) is 6.48. The number of rotatable bonds is 7. The minimum atomic E-state index is -0.487. The Labute approximate surface area is 106 Å². The molecule has 1 unspecified atom stereocenters. The number of benzene rings is 1. The van der Waals surface area contributed by atoms with Crippen LogP contribution in [0.25, 0.3) is 0 Å². The van der Waals surface area contributed by atoms with Crippen LogP contribution in [0, 0.1) is 5.92 Å². The van der Waals surface area contributed by atoms with Crippen LogP contribution in [0.1, 0.15) is 52.0 Å². The van der Waals surface area contributed by atoms with Gasteiger partial charge >= 0.3 is 0 Å². The van der Waals surface area contributed by atoms with Crippen molar-refractivity contribution >= 4 is 0 Å². The second-order valence-corrected chi connectivity index (χ2v) is 5.19. The lowest BCUT2D eigenvalue weighted by molar-refractivity contribution is -0.0284. The van der Waals surface area contributed by atoms with E-state index in [-0.39, 0.29) is 0 Å². The Morgan fingerprint density at radius 2 is 1.59 bits per heavy atom. The molecule has 0 amide bonds. The molecule has 96 valence electrons. The Kier molecular flexibility index (Phi) is 5.70. The minimum Gasteiger partial charge on any atom is -0.390 e. The topological polar surface area (TPSA) is 20.2 Å². The molecule has 0 saturated carbocycles. The van der Waals surface area contributed by atoms with Crippen LogP contribution in [0.5, 0.6) is 0 Å². The molecule has 0 heterocycles. The maximum atomic E-state index is 10.7. The van der Waals surface area contributed by atoms with E-state index in [4.69, 9.17) is 0 Å². The summed E-state index contributed by atoms with van der Waals surface area (Å²) in [6.07, 6.45) is 4.90. The Morgan fingerprint density at radius 3 is 2.06 bits per heavy atom. The van der Waals surface area contributed by atoms with Crippen LogP contribution in [0.4, 0.5) is 0 Å². The zero-order chi connectivity index (χ0) is 12.7. The normalized spacial score (nSPS) is 13.6. The maximum Gasteiger partial charge on any atom is 0.0676 e. The van der Waals surface area contributed by atoms with Crippen LogP contribution < -0.4 is 0 Å². The molecule has 0 fully saturated rings. The van der Waals surface area contributed by atoms with Gasteiger partial charge in [-0.2, -0.15) is 0 Å². The molecule has 1 aromatic rings. The predicted molar refractivity (Wildman–Crippen MR) is 74.1 cm³/mol. The van der Waals surface area contributed by atoms with E-state index in [1.165, 1.54) is 5.56 Å². The fourth-order valence-electron chi connectivity index (χ4n) is 2.64. The maximum absolute atomic E-state index is 10.7. The van der Waals surface area contributed by atoms with E-state index < -0.39 is 5.60 Å². The molecule has 0 radical (unpaired) electrons. The molecule has 0 bridgehead atoms. The number of hydrogen-bond donors (Lipinski definition) is 1.